The zero-order valence-electron chi connectivity index (χ0n) is 11.0. The number of benzene rings is 1. The van der Waals surface area contributed by atoms with Crippen LogP contribution in [0.3, 0.4) is 0 Å². The monoisotopic (exact) mass is 248 g/mol. The van der Waals surface area contributed by atoms with Crippen LogP contribution in [-0.4, -0.2) is 30.0 Å². The molecular weight excluding hydrogens is 228 g/mol. The quantitative estimate of drug-likeness (QED) is 0.874. The molecule has 1 aromatic carbocycles. The molecule has 0 aliphatic carbocycles. The SMILES string of the molecule is CCOc1ccc2c(c1)CN([C@H](C)C(N)=O)CC2. The van der Waals surface area contributed by atoms with Crippen LogP contribution in [0.1, 0.15) is 25.0 Å². The Bertz CT molecular complexity index is 445. The van der Waals surface area contributed by atoms with E-state index in [9.17, 15) is 4.79 Å². The van der Waals surface area contributed by atoms with Crippen molar-refractivity contribution in [2.45, 2.75) is 32.9 Å². The highest BCUT2D eigenvalue weighted by atomic mass is 16.5. The van der Waals surface area contributed by atoms with Gasteiger partial charge in [-0.25, -0.2) is 0 Å². The van der Waals surface area contributed by atoms with E-state index in [1.807, 2.05) is 19.9 Å². The first kappa shape index (κ1) is 12.9. The second kappa shape index (κ2) is 5.40. The Morgan fingerprint density at radius 2 is 2.28 bits per heavy atom. The van der Waals surface area contributed by atoms with Crippen molar-refractivity contribution in [3.8, 4) is 5.75 Å². The molecule has 2 rings (SSSR count). The number of ether oxygens (including phenoxy) is 1. The first-order valence-electron chi connectivity index (χ1n) is 6.39. The van der Waals surface area contributed by atoms with Crippen LogP contribution < -0.4 is 10.5 Å². The van der Waals surface area contributed by atoms with Crippen molar-refractivity contribution in [3.63, 3.8) is 0 Å². The maximum atomic E-state index is 11.2. The number of carbonyl (C=O) groups excluding carboxylic acids is 1. The number of fused-ring (bicyclic) bond motifs is 1. The van der Waals surface area contributed by atoms with Gasteiger partial charge in [-0.2, -0.15) is 0 Å². The standard InChI is InChI=1S/C14H20N2O2/c1-3-18-13-5-4-11-6-7-16(9-12(11)8-13)10(2)14(15)17/h4-5,8,10H,3,6-7,9H2,1-2H3,(H2,15,17)/t10-/m1/s1. The van der Waals surface area contributed by atoms with Crippen LogP contribution in [0.2, 0.25) is 0 Å². The first-order chi connectivity index (χ1) is 8.61. The molecule has 0 saturated heterocycles. The number of carbonyl (C=O) groups is 1. The van der Waals surface area contributed by atoms with Gasteiger partial charge in [-0.1, -0.05) is 6.07 Å². The van der Waals surface area contributed by atoms with Gasteiger partial charge in [-0.05, 0) is 43.5 Å². The molecule has 98 valence electrons. The second-order valence-electron chi connectivity index (χ2n) is 4.66. The Morgan fingerprint density at radius 3 is 2.94 bits per heavy atom. The predicted octanol–water partition coefficient (Wildman–Crippen LogP) is 1.32. The number of rotatable bonds is 4. The minimum atomic E-state index is -0.264. The Morgan fingerprint density at radius 1 is 1.50 bits per heavy atom. The van der Waals surface area contributed by atoms with E-state index in [4.69, 9.17) is 10.5 Å². The van der Waals surface area contributed by atoms with Gasteiger partial charge in [0, 0.05) is 13.1 Å². The zero-order valence-corrected chi connectivity index (χ0v) is 11.0. The summed E-state index contributed by atoms with van der Waals surface area (Å²) in [5.74, 6) is 0.629. The molecule has 1 amide bonds. The van der Waals surface area contributed by atoms with E-state index in [0.29, 0.717) is 6.61 Å². The number of primary amides is 1. The minimum absolute atomic E-state index is 0.214. The third-order valence-electron chi connectivity index (χ3n) is 3.49. The topological polar surface area (TPSA) is 55.6 Å². The van der Waals surface area contributed by atoms with Gasteiger partial charge in [-0.3, -0.25) is 9.69 Å². The number of nitrogens with zero attached hydrogens (tertiary/aromatic N) is 1. The Balaban J connectivity index is 2.16. The van der Waals surface area contributed by atoms with Crippen LogP contribution in [0.15, 0.2) is 18.2 Å². The molecule has 0 fully saturated rings. The number of nitrogens with two attached hydrogens (primary N) is 1. The molecule has 1 aromatic rings. The maximum Gasteiger partial charge on any atom is 0.234 e. The van der Waals surface area contributed by atoms with Crippen LogP contribution in [0.5, 0.6) is 5.75 Å². The molecule has 4 nitrogen and oxygen atoms in total. The molecule has 1 aliphatic rings. The van der Waals surface area contributed by atoms with E-state index in [-0.39, 0.29) is 11.9 Å². The molecule has 0 unspecified atom stereocenters. The average Bonchev–Trinajstić information content (AvgIpc) is 2.37. The van der Waals surface area contributed by atoms with Crippen molar-refractivity contribution in [1.82, 2.24) is 4.90 Å². The summed E-state index contributed by atoms with van der Waals surface area (Å²) in [6.45, 7) is 6.15. The van der Waals surface area contributed by atoms with Gasteiger partial charge >= 0.3 is 0 Å². The van der Waals surface area contributed by atoms with Crippen LogP contribution in [0.4, 0.5) is 0 Å². The molecule has 1 heterocycles. The fraction of sp³-hybridized carbons (Fsp3) is 0.500. The fourth-order valence-electron chi connectivity index (χ4n) is 2.32. The van der Waals surface area contributed by atoms with E-state index in [1.165, 1.54) is 11.1 Å². The van der Waals surface area contributed by atoms with Gasteiger partial charge in [-0.15, -0.1) is 0 Å². The number of hydrogen-bond acceptors (Lipinski definition) is 3. The number of amides is 1. The molecule has 0 saturated carbocycles. The average molecular weight is 248 g/mol. The highest BCUT2D eigenvalue weighted by molar-refractivity contribution is 5.79. The van der Waals surface area contributed by atoms with E-state index in [0.717, 1.165) is 25.3 Å². The van der Waals surface area contributed by atoms with Crippen molar-refractivity contribution >= 4 is 5.91 Å². The molecule has 0 aromatic heterocycles. The van der Waals surface area contributed by atoms with Crippen molar-refractivity contribution in [1.29, 1.82) is 0 Å². The Labute approximate surface area is 108 Å². The summed E-state index contributed by atoms with van der Waals surface area (Å²) >= 11 is 0. The molecule has 18 heavy (non-hydrogen) atoms. The van der Waals surface area contributed by atoms with Gasteiger partial charge in [0.05, 0.1) is 12.6 Å². The zero-order chi connectivity index (χ0) is 13.1. The van der Waals surface area contributed by atoms with Crippen LogP contribution in [0.25, 0.3) is 0 Å². The number of hydrogen-bond donors (Lipinski definition) is 1. The molecule has 1 aliphatic heterocycles. The van der Waals surface area contributed by atoms with Gasteiger partial charge < -0.3 is 10.5 Å². The van der Waals surface area contributed by atoms with Crippen LogP contribution in [-0.2, 0) is 17.8 Å². The summed E-state index contributed by atoms with van der Waals surface area (Å²) < 4.78 is 5.50. The lowest BCUT2D eigenvalue weighted by molar-refractivity contribution is -0.123. The summed E-state index contributed by atoms with van der Waals surface area (Å²) in [6, 6.07) is 5.98. The molecular formula is C14H20N2O2. The molecule has 1 atom stereocenters. The summed E-state index contributed by atoms with van der Waals surface area (Å²) in [4.78, 5) is 13.3. The smallest absolute Gasteiger partial charge is 0.234 e. The first-order valence-corrected chi connectivity index (χ1v) is 6.39. The predicted molar refractivity (Wildman–Crippen MR) is 70.4 cm³/mol. The maximum absolute atomic E-state index is 11.2. The fourth-order valence-corrected chi connectivity index (χ4v) is 2.32. The van der Waals surface area contributed by atoms with Gasteiger partial charge in [0.1, 0.15) is 5.75 Å². The summed E-state index contributed by atoms with van der Waals surface area (Å²) in [6.07, 6.45) is 0.958. The normalized spacial score (nSPS) is 17.0. The second-order valence-corrected chi connectivity index (χ2v) is 4.66. The molecule has 0 spiro atoms. The van der Waals surface area contributed by atoms with Gasteiger partial charge in [0.2, 0.25) is 5.91 Å². The van der Waals surface area contributed by atoms with E-state index in [2.05, 4.69) is 17.0 Å². The highest BCUT2D eigenvalue weighted by Gasteiger charge is 2.23. The van der Waals surface area contributed by atoms with Crippen LogP contribution >= 0.6 is 0 Å². The summed E-state index contributed by atoms with van der Waals surface area (Å²) in [7, 11) is 0. The third-order valence-corrected chi connectivity index (χ3v) is 3.49. The molecule has 4 heteroatoms. The lowest BCUT2D eigenvalue weighted by atomic mass is 9.98. The molecule has 0 radical (unpaired) electrons. The lowest BCUT2D eigenvalue weighted by Crippen LogP contribution is -2.45. The molecule has 2 N–H and O–H groups in total. The summed E-state index contributed by atoms with van der Waals surface area (Å²) in [5, 5.41) is 0. The largest absolute Gasteiger partial charge is 0.494 e. The van der Waals surface area contributed by atoms with Crippen molar-refractivity contribution in [2.24, 2.45) is 5.73 Å². The van der Waals surface area contributed by atoms with E-state index in [1.54, 1.807) is 0 Å². The van der Waals surface area contributed by atoms with Gasteiger partial charge in [0.25, 0.3) is 0 Å². The van der Waals surface area contributed by atoms with Crippen molar-refractivity contribution in [3.05, 3.63) is 29.3 Å². The highest BCUT2D eigenvalue weighted by Crippen LogP contribution is 2.24. The lowest BCUT2D eigenvalue weighted by Gasteiger charge is -2.32. The third kappa shape index (κ3) is 2.64. The van der Waals surface area contributed by atoms with Crippen molar-refractivity contribution < 1.29 is 9.53 Å². The van der Waals surface area contributed by atoms with E-state index < -0.39 is 0 Å². The molecule has 0 bridgehead atoms. The summed E-state index contributed by atoms with van der Waals surface area (Å²) in [5.41, 5.74) is 7.93. The van der Waals surface area contributed by atoms with Crippen molar-refractivity contribution in [2.75, 3.05) is 13.2 Å². The Hall–Kier alpha value is -1.55. The van der Waals surface area contributed by atoms with Gasteiger partial charge in [0.15, 0.2) is 0 Å². The van der Waals surface area contributed by atoms with Crippen LogP contribution in [0, 0.1) is 0 Å². The Kier molecular flexibility index (Phi) is 3.87. The van der Waals surface area contributed by atoms with E-state index >= 15 is 0 Å². The minimum Gasteiger partial charge on any atom is -0.494 e.